The Bertz CT molecular complexity index is 1450. The number of sulfonamides is 1. The first-order valence-corrected chi connectivity index (χ1v) is 12.5. The molecule has 0 bridgehead atoms. The Morgan fingerprint density at radius 1 is 0.912 bits per heavy atom. The molecule has 0 aliphatic heterocycles. The van der Waals surface area contributed by atoms with Gasteiger partial charge >= 0.3 is 0 Å². The van der Waals surface area contributed by atoms with Crippen molar-refractivity contribution in [2.24, 2.45) is 0 Å². The van der Waals surface area contributed by atoms with Gasteiger partial charge in [0, 0.05) is 11.3 Å². The maximum Gasteiger partial charge on any atom is 0.263 e. The van der Waals surface area contributed by atoms with Crippen LogP contribution in [0.5, 0.6) is 5.75 Å². The lowest BCUT2D eigenvalue weighted by Gasteiger charge is -2.12. The van der Waals surface area contributed by atoms with E-state index in [1.54, 1.807) is 18.2 Å². The average Bonchev–Trinajstić information content (AvgIpc) is 2.81. The quantitative estimate of drug-likeness (QED) is 0.321. The van der Waals surface area contributed by atoms with Gasteiger partial charge in [-0.2, -0.15) is 0 Å². The van der Waals surface area contributed by atoms with E-state index in [0.717, 1.165) is 16.3 Å². The van der Waals surface area contributed by atoms with Crippen molar-refractivity contribution < 1.29 is 17.9 Å². The van der Waals surface area contributed by atoms with Crippen LogP contribution < -0.4 is 14.8 Å². The molecule has 0 saturated heterocycles. The molecule has 174 valence electrons. The molecule has 1 amide bonds. The molecule has 0 saturated carbocycles. The van der Waals surface area contributed by atoms with Crippen molar-refractivity contribution in [2.75, 3.05) is 17.9 Å². The van der Waals surface area contributed by atoms with Crippen LogP contribution in [0.4, 0.5) is 5.69 Å². The third kappa shape index (κ3) is 5.68. The maximum atomic E-state index is 12.9. The minimum Gasteiger partial charge on any atom is -0.492 e. The molecule has 6 nitrogen and oxygen atoms in total. The third-order valence-electron chi connectivity index (χ3n) is 5.13. The zero-order valence-corrected chi connectivity index (χ0v) is 20.0. The van der Waals surface area contributed by atoms with Gasteiger partial charge in [0.2, 0.25) is 0 Å². The van der Waals surface area contributed by atoms with Crippen LogP contribution in [0.2, 0.25) is 5.02 Å². The molecule has 0 heterocycles. The molecular formula is C26H23ClN2O4S. The summed E-state index contributed by atoms with van der Waals surface area (Å²) < 4.78 is 34.0. The molecule has 0 spiro atoms. The van der Waals surface area contributed by atoms with Gasteiger partial charge < -0.3 is 10.1 Å². The van der Waals surface area contributed by atoms with Gasteiger partial charge in [-0.05, 0) is 65.7 Å². The van der Waals surface area contributed by atoms with E-state index in [1.165, 1.54) is 18.2 Å². The highest BCUT2D eigenvalue weighted by molar-refractivity contribution is 7.92. The summed E-state index contributed by atoms with van der Waals surface area (Å²) in [6, 6.07) is 24.9. The zero-order chi connectivity index (χ0) is 24.1. The van der Waals surface area contributed by atoms with Gasteiger partial charge in [-0.3, -0.25) is 9.52 Å². The number of hydrogen-bond donors (Lipinski definition) is 2. The van der Waals surface area contributed by atoms with Gasteiger partial charge in [-0.25, -0.2) is 8.42 Å². The second-order valence-electron chi connectivity index (χ2n) is 7.73. The van der Waals surface area contributed by atoms with E-state index in [-0.39, 0.29) is 28.6 Å². The molecule has 4 aromatic rings. The van der Waals surface area contributed by atoms with Crippen LogP contribution in [0.15, 0.2) is 89.8 Å². The lowest BCUT2D eigenvalue weighted by atomic mass is 10.1. The summed E-state index contributed by atoms with van der Waals surface area (Å²) in [5, 5.41) is 4.95. The second-order valence-corrected chi connectivity index (χ2v) is 9.79. The summed E-state index contributed by atoms with van der Waals surface area (Å²) >= 11 is 6.15. The standard InChI is InChI=1S/C26H23ClN2O4S/c1-18-5-4-8-22(15-18)29-34(31,32)25-17-21(10-12-24(25)27)26(30)28-13-14-33-23-11-9-19-6-2-3-7-20(19)16-23/h2-12,15-17,29H,13-14H2,1H3,(H,28,30). The van der Waals surface area contributed by atoms with E-state index in [4.69, 9.17) is 16.3 Å². The Morgan fingerprint density at radius 3 is 2.50 bits per heavy atom. The third-order valence-corrected chi connectivity index (χ3v) is 6.99. The maximum absolute atomic E-state index is 12.9. The molecule has 4 aromatic carbocycles. The molecule has 0 aliphatic carbocycles. The van der Waals surface area contributed by atoms with E-state index in [1.807, 2.05) is 55.5 Å². The van der Waals surface area contributed by atoms with Crippen molar-refractivity contribution in [3.8, 4) is 5.75 Å². The molecule has 0 radical (unpaired) electrons. The van der Waals surface area contributed by atoms with Crippen LogP contribution >= 0.6 is 11.6 Å². The van der Waals surface area contributed by atoms with E-state index in [0.29, 0.717) is 11.4 Å². The smallest absolute Gasteiger partial charge is 0.263 e. The fourth-order valence-corrected chi connectivity index (χ4v) is 5.04. The number of halogens is 1. The highest BCUT2D eigenvalue weighted by atomic mass is 35.5. The summed E-state index contributed by atoms with van der Waals surface area (Å²) in [4.78, 5) is 12.4. The first-order chi connectivity index (χ1) is 16.3. The fourth-order valence-electron chi connectivity index (χ4n) is 3.46. The molecule has 2 N–H and O–H groups in total. The summed E-state index contributed by atoms with van der Waals surface area (Å²) in [7, 11) is -3.98. The first kappa shape index (κ1) is 23.6. The molecule has 0 aromatic heterocycles. The van der Waals surface area contributed by atoms with Crippen molar-refractivity contribution in [3.63, 3.8) is 0 Å². The van der Waals surface area contributed by atoms with Crippen LogP contribution in [0.3, 0.4) is 0 Å². The Morgan fingerprint density at radius 2 is 1.71 bits per heavy atom. The Labute approximate surface area is 203 Å². The number of hydrogen-bond acceptors (Lipinski definition) is 4. The monoisotopic (exact) mass is 494 g/mol. The normalized spacial score (nSPS) is 11.2. The SMILES string of the molecule is Cc1cccc(NS(=O)(=O)c2cc(C(=O)NCCOc3ccc4ccccc4c3)ccc2Cl)c1. The number of carbonyl (C=O) groups is 1. The van der Waals surface area contributed by atoms with Crippen LogP contribution in [0, 0.1) is 6.92 Å². The molecular weight excluding hydrogens is 472 g/mol. The van der Waals surface area contributed by atoms with Gasteiger partial charge in [0.25, 0.3) is 15.9 Å². The molecule has 8 heteroatoms. The van der Waals surface area contributed by atoms with Crippen molar-refractivity contribution in [3.05, 3.63) is 101 Å². The van der Waals surface area contributed by atoms with E-state index in [9.17, 15) is 13.2 Å². The number of carbonyl (C=O) groups excluding carboxylic acids is 1. The predicted molar refractivity (Wildman–Crippen MR) is 135 cm³/mol. The van der Waals surface area contributed by atoms with E-state index in [2.05, 4.69) is 10.0 Å². The number of amides is 1. The van der Waals surface area contributed by atoms with Crippen molar-refractivity contribution in [2.45, 2.75) is 11.8 Å². The minimum absolute atomic E-state index is 0.0244. The highest BCUT2D eigenvalue weighted by Gasteiger charge is 2.20. The first-order valence-electron chi connectivity index (χ1n) is 10.6. The largest absolute Gasteiger partial charge is 0.492 e. The Kier molecular flexibility index (Phi) is 7.05. The summed E-state index contributed by atoms with van der Waals surface area (Å²) in [5.74, 6) is 0.279. The van der Waals surface area contributed by atoms with Gasteiger partial charge in [-0.15, -0.1) is 0 Å². The minimum atomic E-state index is -3.98. The van der Waals surface area contributed by atoms with Crippen LogP contribution in [-0.2, 0) is 10.0 Å². The van der Waals surface area contributed by atoms with Crippen molar-refractivity contribution in [1.29, 1.82) is 0 Å². The number of rotatable bonds is 8. The van der Waals surface area contributed by atoms with Crippen molar-refractivity contribution >= 4 is 44.0 Å². The number of fused-ring (bicyclic) bond motifs is 1. The fraction of sp³-hybridized carbons (Fsp3) is 0.115. The number of nitrogens with one attached hydrogen (secondary N) is 2. The molecule has 4 rings (SSSR count). The zero-order valence-electron chi connectivity index (χ0n) is 18.4. The number of aryl methyl sites for hydroxylation is 1. The number of benzene rings is 4. The van der Waals surface area contributed by atoms with E-state index >= 15 is 0 Å². The van der Waals surface area contributed by atoms with Gasteiger partial charge in [0.05, 0.1) is 11.6 Å². The van der Waals surface area contributed by atoms with Gasteiger partial charge in [-0.1, -0.05) is 54.1 Å². The van der Waals surface area contributed by atoms with Gasteiger partial charge in [0.15, 0.2) is 0 Å². The topological polar surface area (TPSA) is 84.5 Å². The van der Waals surface area contributed by atoms with E-state index < -0.39 is 15.9 Å². The Balaban J connectivity index is 1.38. The lowest BCUT2D eigenvalue weighted by molar-refractivity contribution is 0.0947. The molecule has 0 atom stereocenters. The summed E-state index contributed by atoms with van der Waals surface area (Å²) in [6.07, 6.45) is 0. The predicted octanol–water partition coefficient (Wildman–Crippen LogP) is 5.41. The molecule has 0 aliphatic rings. The van der Waals surface area contributed by atoms with Crippen LogP contribution in [0.25, 0.3) is 10.8 Å². The van der Waals surface area contributed by atoms with Crippen molar-refractivity contribution in [1.82, 2.24) is 5.32 Å². The van der Waals surface area contributed by atoms with Crippen LogP contribution in [-0.4, -0.2) is 27.5 Å². The average molecular weight is 495 g/mol. The highest BCUT2D eigenvalue weighted by Crippen LogP contribution is 2.25. The molecule has 0 fully saturated rings. The van der Waals surface area contributed by atoms with Gasteiger partial charge in [0.1, 0.15) is 17.3 Å². The summed E-state index contributed by atoms with van der Waals surface area (Å²) in [6.45, 7) is 2.37. The second kappa shape index (κ2) is 10.2. The number of ether oxygens (including phenoxy) is 1. The molecule has 0 unspecified atom stereocenters. The lowest BCUT2D eigenvalue weighted by Crippen LogP contribution is -2.28. The number of anilines is 1. The Hall–Kier alpha value is -3.55. The summed E-state index contributed by atoms with van der Waals surface area (Å²) in [5.41, 5.74) is 1.50. The molecule has 34 heavy (non-hydrogen) atoms. The van der Waals surface area contributed by atoms with Crippen LogP contribution in [0.1, 0.15) is 15.9 Å².